The maximum absolute atomic E-state index is 13.3. The van der Waals surface area contributed by atoms with Gasteiger partial charge in [0.1, 0.15) is 12.6 Å². The lowest BCUT2D eigenvalue weighted by Gasteiger charge is -2.31. The molecule has 0 heterocycles. The van der Waals surface area contributed by atoms with E-state index in [1.807, 2.05) is 31.2 Å². The number of nitrogens with one attached hydrogen (secondary N) is 1. The van der Waals surface area contributed by atoms with E-state index >= 15 is 0 Å². The van der Waals surface area contributed by atoms with E-state index in [0.717, 1.165) is 21.7 Å². The number of nitrogens with zero attached hydrogens (tertiary/aromatic N) is 2. The van der Waals surface area contributed by atoms with Crippen molar-refractivity contribution in [3.8, 4) is 0 Å². The van der Waals surface area contributed by atoms with E-state index in [4.69, 9.17) is 11.6 Å². The molecule has 0 aliphatic carbocycles. The van der Waals surface area contributed by atoms with Gasteiger partial charge in [-0.25, -0.2) is 8.42 Å². The summed E-state index contributed by atoms with van der Waals surface area (Å²) in [5.74, 6) is -0.822. The second kappa shape index (κ2) is 10.6. The van der Waals surface area contributed by atoms with Gasteiger partial charge in [-0.1, -0.05) is 53.6 Å². The van der Waals surface area contributed by atoms with Crippen molar-refractivity contribution in [3.05, 3.63) is 64.7 Å². The van der Waals surface area contributed by atoms with E-state index in [9.17, 15) is 18.0 Å². The summed E-state index contributed by atoms with van der Waals surface area (Å²) in [6.07, 6.45) is 1.02. The molecule has 0 unspecified atom stereocenters. The molecule has 1 atom stereocenters. The van der Waals surface area contributed by atoms with Crippen molar-refractivity contribution < 1.29 is 18.0 Å². The molecule has 2 aromatic carbocycles. The Morgan fingerprint density at radius 3 is 2.39 bits per heavy atom. The second-order valence-electron chi connectivity index (χ2n) is 7.30. The summed E-state index contributed by atoms with van der Waals surface area (Å²) in [7, 11) is -3.80. The number of halogens is 1. The van der Waals surface area contributed by atoms with E-state index in [1.165, 1.54) is 11.0 Å². The van der Waals surface area contributed by atoms with Crippen LogP contribution in [0.4, 0.5) is 5.69 Å². The van der Waals surface area contributed by atoms with Gasteiger partial charge < -0.3 is 10.2 Å². The first-order valence-electron chi connectivity index (χ1n) is 9.89. The predicted octanol–water partition coefficient (Wildman–Crippen LogP) is 2.97. The molecule has 0 spiro atoms. The van der Waals surface area contributed by atoms with Crippen LogP contribution >= 0.6 is 11.6 Å². The minimum atomic E-state index is -3.80. The van der Waals surface area contributed by atoms with Crippen molar-refractivity contribution in [2.45, 2.75) is 33.4 Å². The highest BCUT2D eigenvalue weighted by Crippen LogP contribution is 2.27. The maximum Gasteiger partial charge on any atom is 0.244 e. The van der Waals surface area contributed by atoms with Crippen LogP contribution in [0.5, 0.6) is 0 Å². The summed E-state index contributed by atoms with van der Waals surface area (Å²) in [5.41, 5.74) is 2.07. The molecule has 168 valence electrons. The third-order valence-corrected chi connectivity index (χ3v) is 6.20. The first kappa shape index (κ1) is 24.7. The van der Waals surface area contributed by atoms with Crippen molar-refractivity contribution in [3.63, 3.8) is 0 Å². The molecule has 1 N–H and O–H groups in total. The highest BCUT2D eigenvalue weighted by molar-refractivity contribution is 7.92. The zero-order valence-electron chi connectivity index (χ0n) is 18.1. The molecular formula is C22H28ClN3O4S. The highest BCUT2D eigenvalue weighted by atomic mass is 35.5. The third kappa shape index (κ3) is 6.70. The summed E-state index contributed by atoms with van der Waals surface area (Å²) in [5, 5.41) is 2.93. The first-order chi connectivity index (χ1) is 14.5. The minimum Gasteiger partial charge on any atom is -0.355 e. The van der Waals surface area contributed by atoms with Crippen LogP contribution in [-0.2, 0) is 26.2 Å². The topological polar surface area (TPSA) is 86.8 Å². The van der Waals surface area contributed by atoms with Crippen LogP contribution in [0.3, 0.4) is 0 Å². The van der Waals surface area contributed by atoms with Crippen LogP contribution in [-0.4, -0.2) is 50.5 Å². The van der Waals surface area contributed by atoms with Gasteiger partial charge in [0.2, 0.25) is 21.8 Å². The molecule has 0 aliphatic heterocycles. The number of likely N-dealkylation sites (N-methyl/N-ethyl adjacent to an activating group) is 1. The van der Waals surface area contributed by atoms with Gasteiger partial charge >= 0.3 is 0 Å². The second-order valence-corrected chi connectivity index (χ2v) is 9.62. The van der Waals surface area contributed by atoms with Crippen molar-refractivity contribution >= 4 is 39.1 Å². The zero-order chi connectivity index (χ0) is 23.2. The molecule has 2 amide bonds. The van der Waals surface area contributed by atoms with Crippen LogP contribution in [0.25, 0.3) is 0 Å². The third-order valence-electron chi connectivity index (χ3n) is 4.75. The fourth-order valence-corrected chi connectivity index (χ4v) is 4.31. The SMILES string of the molecule is CCNC(=O)[C@@H](C)N(Cc1cccc(C)c1)C(=O)CN(c1ccccc1Cl)S(C)(=O)=O. The number of carbonyl (C=O) groups is 2. The molecule has 31 heavy (non-hydrogen) atoms. The number of sulfonamides is 1. The van der Waals surface area contributed by atoms with Gasteiger partial charge in [0.05, 0.1) is 17.0 Å². The van der Waals surface area contributed by atoms with Gasteiger partial charge in [-0.05, 0) is 38.5 Å². The highest BCUT2D eigenvalue weighted by Gasteiger charge is 2.30. The Hall–Kier alpha value is -2.58. The van der Waals surface area contributed by atoms with E-state index in [2.05, 4.69) is 5.32 Å². The number of rotatable bonds is 9. The van der Waals surface area contributed by atoms with Crippen LogP contribution in [0.2, 0.25) is 5.02 Å². The average molecular weight is 466 g/mol. The Morgan fingerprint density at radius 1 is 1.13 bits per heavy atom. The van der Waals surface area contributed by atoms with Crippen LogP contribution in [0.1, 0.15) is 25.0 Å². The molecule has 0 aromatic heterocycles. The Morgan fingerprint density at radius 2 is 1.81 bits per heavy atom. The maximum atomic E-state index is 13.3. The molecule has 0 aliphatic rings. The predicted molar refractivity (Wildman–Crippen MR) is 124 cm³/mol. The summed E-state index contributed by atoms with van der Waals surface area (Å²) >= 11 is 6.19. The van der Waals surface area contributed by atoms with Crippen molar-refractivity contribution in [1.29, 1.82) is 0 Å². The summed E-state index contributed by atoms with van der Waals surface area (Å²) in [6, 6.07) is 13.2. The minimum absolute atomic E-state index is 0.166. The Kier molecular flexibility index (Phi) is 8.47. The molecule has 2 rings (SSSR count). The Labute approximate surface area is 189 Å². The normalized spacial score (nSPS) is 12.2. The number of hydrogen-bond acceptors (Lipinski definition) is 4. The molecule has 0 saturated heterocycles. The van der Waals surface area contributed by atoms with E-state index in [0.29, 0.717) is 6.54 Å². The van der Waals surface area contributed by atoms with Gasteiger partial charge in [0.25, 0.3) is 0 Å². The van der Waals surface area contributed by atoms with Crippen LogP contribution in [0.15, 0.2) is 48.5 Å². The first-order valence-corrected chi connectivity index (χ1v) is 12.1. The van der Waals surface area contributed by atoms with Gasteiger partial charge in [-0.15, -0.1) is 0 Å². The zero-order valence-corrected chi connectivity index (χ0v) is 19.7. The lowest BCUT2D eigenvalue weighted by molar-refractivity contribution is -0.139. The van der Waals surface area contributed by atoms with Gasteiger partial charge in [0, 0.05) is 13.1 Å². The Bertz CT molecular complexity index is 1040. The molecule has 9 heteroatoms. The quantitative estimate of drug-likeness (QED) is 0.616. The number of benzene rings is 2. The molecule has 0 saturated carbocycles. The monoisotopic (exact) mass is 465 g/mol. The standard InChI is InChI=1S/C22H28ClN3O4S/c1-5-24-22(28)17(3)25(14-18-10-8-9-16(2)13-18)21(27)15-26(31(4,29)30)20-12-7-6-11-19(20)23/h6-13,17H,5,14-15H2,1-4H3,(H,24,28)/t17-/m1/s1. The fourth-order valence-electron chi connectivity index (χ4n) is 3.16. The number of aryl methyl sites for hydroxylation is 1. The Balaban J connectivity index is 2.40. The van der Waals surface area contributed by atoms with Gasteiger partial charge in [-0.2, -0.15) is 0 Å². The number of para-hydroxylation sites is 1. The van der Waals surface area contributed by atoms with Crippen molar-refractivity contribution in [2.75, 3.05) is 23.7 Å². The molecule has 7 nitrogen and oxygen atoms in total. The molecule has 0 bridgehead atoms. The molecular weight excluding hydrogens is 438 g/mol. The van der Waals surface area contributed by atoms with E-state index in [-0.39, 0.29) is 23.2 Å². The number of amides is 2. The lowest BCUT2D eigenvalue weighted by atomic mass is 10.1. The lowest BCUT2D eigenvalue weighted by Crippen LogP contribution is -2.51. The number of anilines is 1. The van der Waals surface area contributed by atoms with Crippen LogP contribution < -0.4 is 9.62 Å². The number of hydrogen-bond donors (Lipinski definition) is 1. The van der Waals surface area contributed by atoms with E-state index in [1.54, 1.807) is 32.0 Å². The molecule has 2 aromatic rings. The average Bonchev–Trinajstić information content (AvgIpc) is 2.69. The largest absolute Gasteiger partial charge is 0.355 e. The molecule has 0 fully saturated rings. The summed E-state index contributed by atoms with van der Waals surface area (Å²) in [4.78, 5) is 27.2. The van der Waals surface area contributed by atoms with Crippen molar-refractivity contribution in [1.82, 2.24) is 10.2 Å². The van der Waals surface area contributed by atoms with E-state index < -0.39 is 28.5 Å². The summed E-state index contributed by atoms with van der Waals surface area (Å²) in [6.45, 7) is 5.46. The molecule has 0 radical (unpaired) electrons. The fraction of sp³-hybridized carbons (Fsp3) is 0.364. The van der Waals surface area contributed by atoms with Crippen molar-refractivity contribution in [2.24, 2.45) is 0 Å². The van der Waals surface area contributed by atoms with Crippen LogP contribution in [0, 0.1) is 6.92 Å². The summed E-state index contributed by atoms with van der Waals surface area (Å²) < 4.78 is 25.9. The van der Waals surface area contributed by atoms with Gasteiger partial charge in [-0.3, -0.25) is 13.9 Å². The smallest absolute Gasteiger partial charge is 0.244 e. The number of carbonyl (C=O) groups excluding carboxylic acids is 2. The van der Waals surface area contributed by atoms with Gasteiger partial charge in [0.15, 0.2) is 0 Å².